The van der Waals surface area contributed by atoms with Gasteiger partial charge in [-0.25, -0.2) is 4.39 Å². The number of fused-ring (bicyclic) bond motifs is 1. The maximum atomic E-state index is 13.2. The summed E-state index contributed by atoms with van der Waals surface area (Å²) in [7, 11) is 0. The highest BCUT2D eigenvalue weighted by atomic mass is 19.1. The highest BCUT2D eigenvalue weighted by Crippen LogP contribution is 2.36. The van der Waals surface area contributed by atoms with Gasteiger partial charge >= 0.3 is 0 Å². The second kappa shape index (κ2) is 5.08. The molecule has 20 heavy (non-hydrogen) atoms. The van der Waals surface area contributed by atoms with Crippen LogP contribution >= 0.6 is 0 Å². The first-order valence-corrected chi connectivity index (χ1v) is 6.77. The predicted octanol–water partition coefficient (Wildman–Crippen LogP) is 3.70. The minimum Gasteiger partial charge on any atom is -0.364 e. The maximum Gasteiger partial charge on any atom is 0.123 e. The van der Waals surface area contributed by atoms with Crippen LogP contribution in [0.25, 0.3) is 0 Å². The van der Waals surface area contributed by atoms with E-state index in [1.807, 2.05) is 31.5 Å². The second-order valence-corrected chi connectivity index (χ2v) is 5.21. The molecule has 0 amide bonds. The number of hydrogen-bond acceptors (Lipinski definition) is 2. The van der Waals surface area contributed by atoms with Crippen molar-refractivity contribution in [1.82, 2.24) is 9.88 Å². The molecule has 1 aliphatic rings. The fourth-order valence-electron chi connectivity index (χ4n) is 2.87. The van der Waals surface area contributed by atoms with Gasteiger partial charge in [0.1, 0.15) is 5.82 Å². The molecule has 102 valence electrons. The lowest BCUT2D eigenvalue weighted by molar-refractivity contribution is 0.275. The molecule has 1 unspecified atom stereocenters. The lowest BCUT2D eigenvalue weighted by Crippen LogP contribution is -2.34. The molecule has 0 spiro atoms. The first-order valence-electron chi connectivity index (χ1n) is 6.77. The van der Waals surface area contributed by atoms with Gasteiger partial charge in [-0.2, -0.15) is 0 Å². The van der Waals surface area contributed by atoms with Crippen molar-refractivity contribution in [1.29, 1.82) is 0 Å². The number of allylic oxidation sites excluding steroid dienone is 1. The Balaban J connectivity index is 2.11. The topological polar surface area (TPSA) is 16.1 Å². The van der Waals surface area contributed by atoms with Gasteiger partial charge in [0, 0.05) is 24.6 Å². The van der Waals surface area contributed by atoms with Crippen LogP contribution in [0, 0.1) is 5.82 Å². The van der Waals surface area contributed by atoms with Gasteiger partial charge in [0.05, 0.1) is 6.04 Å². The van der Waals surface area contributed by atoms with Crippen LogP contribution in [0.15, 0.2) is 55.0 Å². The average molecular weight is 268 g/mol. The van der Waals surface area contributed by atoms with Crippen LogP contribution in [0.2, 0.25) is 0 Å². The second-order valence-electron chi connectivity index (χ2n) is 5.21. The van der Waals surface area contributed by atoms with Gasteiger partial charge in [-0.15, -0.1) is 0 Å². The van der Waals surface area contributed by atoms with E-state index >= 15 is 0 Å². The number of hydrogen-bond donors (Lipinski definition) is 0. The van der Waals surface area contributed by atoms with Gasteiger partial charge in [0.2, 0.25) is 0 Å². The van der Waals surface area contributed by atoms with Gasteiger partial charge in [0.15, 0.2) is 0 Å². The molecule has 0 aliphatic carbocycles. The van der Waals surface area contributed by atoms with Crippen LogP contribution in [0.4, 0.5) is 4.39 Å². The third kappa shape index (κ3) is 2.20. The van der Waals surface area contributed by atoms with Crippen molar-refractivity contribution in [3.05, 3.63) is 77.5 Å². The van der Waals surface area contributed by atoms with Gasteiger partial charge in [-0.3, -0.25) is 4.98 Å². The normalized spacial score (nSPS) is 17.7. The maximum absolute atomic E-state index is 13.2. The van der Waals surface area contributed by atoms with Crippen molar-refractivity contribution in [3.8, 4) is 0 Å². The summed E-state index contributed by atoms with van der Waals surface area (Å²) in [6.07, 6.45) is 4.71. The van der Waals surface area contributed by atoms with E-state index in [1.165, 1.54) is 23.3 Å². The summed E-state index contributed by atoms with van der Waals surface area (Å²) in [6.45, 7) is 7.01. The molecule has 1 aliphatic heterocycles. The number of rotatable bonds is 2. The molecule has 2 aromatic rings. The molecule has 1 atom stereocenters. The molecule has 0 radical (unpaired) electrons. The quantitative estimate of drug-likeness (QED) is 0.825. The molecule has 2 heterocycles. The van der Waals surface area contributed by atoms with Gasteiger partial charge in [-0.1, -0.05) is 18.7 Å². The van der Waals surface area contributed by atoms with Gasteiger partial charge < -0.3 is 4.90 Å². The van der Waals surface area contributed by atoms with Crippen molar-refractivity contribution in [2.75, 3.05) is 6.54 Å². The van der Waals surface area contributed by atoms with Crippen LogP contribution in [0.5, 0.6) is 0 Å². The minimum atomic E-state index is -0.207. The first kappa shape index (κ1) is 12.9. The molecule has 0 saturated heterocycles. The summed E-state index contributed by atoms with van der Waals surface area (Å²) >= 11 is 0. The third-order valence-corrected chi connectivity index (χ3v) is 3.85. The smallest absolute Gasteiger partial charge is 0.123 e. The molecule has 0 N–H and O–H groups in total. The van der Waals surface area contributed by atoms with Crippen molar-refractivity contribution in [2.24, 2.45) is 0 Å². The van der Waals surface area contributed by atoms with Crippen molar-refractivity contribution >= 4 is 0 Å². The summed E-state index contributed by atoms with van der Waals surface area (Å²) < 4.78 is 13.2. The molecule has 0 fully saturated rings. The number of nitrogens with zero attached hydrogens (tertiary/aromatic N) is 2. The van der Waals surface area contributed by atoms with E-state index in [0.717, 1.165) is 24.2 Å². The van der Waals surface area contributed by atoms with Crippen molar-refractivity contribution in [2.45, 2.75) is 19.4 Å². The summed E-state index contributed by atoms with van der Waals surface area (Å²) in [4.78, 5) is 6.48. The average Bonchev–Trinajstić information content (AvgIpc) is 2.47. The number of benzene rings is 1. The molecule has 1 aromatic carbocycles. The summed E-state index contributed by atoms with van der Waals surface area (Å²) in [6, 6.07) is 8.89. The molecule has 3 heteroatoms. The zero-order valence-corrected chi connectivity index (χ0v) is 11.5. The van der Waals surface area contributed by atoms with Crippen LogP contribution in [0.1, 0.15) is 29.7 Å². The molecule has 0 saturated carbocycles. The summed E-state index contributed by atoms with van der Waals surface area (Å²) in [5, 5.41) is 0. The van der Waals surface area contributed by atoms with E-state index in [1.54, 1.807) is 0 Å². The Labute approximate surface area is 118 Å². The van der Waals surface area contributed by atoms with E-state index < -0.39 is 0 Å². The SMILES string of the molecule is C=C(C)N1CCc2cnccc2C1c1ccc(F)cc1. The highest BCUT2D eigenvalue weighted by Gasteiger charge is 2.28. The van der Waals surface area contributed by atoms with E-state index in [4.69, 9.17) is 0 Å². The zero-order chi connectivity index (χ0) is 14.1. The monoisotopic (exact) mass is 268 g/mol. The van der Waals surface area contributed by atoms with Crippen LogP contribution < -0.4 is 0 Å². The molecule has 2 nitrogen and oxygen atoms in total. The van der Waals surface area contributed by atoms with E-state index in [0.29, 0.717) is 0 Å². The van der Waals surface area contributed by atoms with Crippen LogP contribution in [-0.2, 0) is 6.42 Å². The molecular formula is C17H17FN2. The molecule has 0 bridgehead atoms. The number of pyridine rings is 1. The lowest BCUT2D eigenvalue weighted by Gasteiger charge is -2.39. The number of aromatic nitrogens is 1. The minimum absolute atomic E-state index is 0.0971. The van der Waals surface area contributed by atoms with Crippen molar-refractivity contribution < 1.29 is 4.39 Å². The van der Waals surface area contributed by atoms with Gasteiger partial charge in [-0.05, 0) is 48.2 Å². The number of halogens is 1. The third-order valence-electron chi connectivity index (χ3n) is 3.85. The van der Waals surface area contributed by atoms with E-state index in [-0.39, 0.29) is 11.9 Å². The summed E-state index contributed by atoms with van der Waals surface area (Å²) in [5.74, 6) is -0.207. The van der Waals surface area contributed by atoms with E-state index in [9.17, 15) is 4.39 Å². The fourth-order valence-corrected chi connectivity index (χ4v) is 2.87. The Morgan fingerprint density at radius 2 is 2.05 bits per heavy atom. The van der Waals surface area contributed by atoms with Crippen molar-refractivity contribution in [3.63, 3.8) is 0 Å². The Morgan fingerprint density at radius 1 is 1.30 bits per heavy atom. The largest absolute Gasteiger partial charge is 0.364 e. The first-order chi connectivity index (χ1) is 9.66. The molecule has 3 rings (SSSR count). The van der Waals surface area contributed by atoms with E-state index in [2.05, 4.69) is 22.5 Å². The fraction of sp³-hybridized carbons (Fsp3) is 0.235. The Morgan fingerprint density at radius 3 is 2.75 bits per heavy atom. The summed E-state index contributed by atoms with van der Waals surface area (Å²) in [5.41, 5.74) is 4.61. The van der Waals surface area contributed by atoms with Crippen LogP contribution in [0.3, 0.4) is 0 Å². The predicted molar refractivity (Wildman–Crippen MR) is 77.7 cm³/mol. The standard InChI is InChI=1S/C17H17FN2/c1-12(2)20-10-8-14-11-19-9-7-16(14)17(20)13-3-5-15(18)6-4-13/h3-7,9,11,17H,1,8,10H2,2H3. The zero-order valence-electron chi connectivity index (χ0n) is 11.5. The lowest BCUT2D eigenvalue weighted by atomic mass is 9.89. The Kier molecular flexibility index (Phi) is 3.26. The highest BCUT2D eigenvalue weighted by molar-refractivity contribution is 5.39. The van der Waals surface area contributed by atoms with Gasteiger partial charge in [0.25, 0.3) is 0 Å². The van der Waals surface area contributed by atoms with Crippen LogP contribution in [-0.4, -0.2) is 16.4 Å². The Bertz CT molecular complexity index is 634. The molecule has 1 aromatic heterocycles. The Hall–Kier alpha value is -2.16. The molecular weight excluding hydrogens is 251 g/mol.